The van der Waals surface area contributed by atoms with Crippen LogP contribution in [0.25, 0.3) is 0 Å². The predicted molar refractivity (Wildman–Crippen MR) is 63.3 cm³/mol. The molecule has 0 radical (unpaired) electrons. The first kappa shape index (κ1) is 13.4. The van der Waals surface area contributed by atoms with Gasteiger partial charge in [-0.3, -0.25) is 4.79 Å². The summed E-state index contributed by atoms with van der Waals surface area (Å²) in [5.74, 6) is 0.223. The van der Waals surface area contributed by atoms with Crippen LogP contribution in [0.3, 0.4) is 0 Å². The smallest absolute Gasteiger partial charge is 0.223 e. The van der Waals surface area contributed by atoms with Crippen molar-refractivity contribution in [2.75, 3.05) is 20.7 Å². The first-order chi connectivity index (χ1) is 8.17. The summed E-state index contributed by atoms with van der Waals surface area (Å²) >= 11 is 0. The molecule has 5 heteroatoms. The highest BCUT2D eigenvalue weighted by Crippen LogP contribution is 2.19. The highest BCUT2D eigenvalue weighted by Gasteiger charge is 2.05. The molecule has 4 nitrogen and oxygen atoms in total. The van der Waals surface area contributed by atoms with Crippen LogP contribution in [0, 0.1) is 5.82 Å². The van der Waals surface area contributed by atoms with Crippen molar-refractivity contribution < 1.29 is 13.9 Å². The van der Waals surface area contributed by atoms with Crippen LogP contribution >= 0.6 is 0 Å². The Morgan fingerprint density at radius 2 is 2.18 bits per heavy atom. The van der Waals surface area contributed by atoms with Crippen LogP contribution in [0.15, 0.2) is 18.2 Å². The number of benzene rings is 1. The van der Waals surface area contributed by atoms with Gasteiger partial charge in [0.1, 0.15) is 11.6 Å². The molecule has 1 aromatic carbocycles. The van der Waals surface area contributed by atoms with Gasteiger partial charge in [-0.1, -0.05) is 0 Å². The van der Waals surface area contributed by atoms with Gasteiger partial charge in [-0.2, -0.15) is 0 Å². The van der Waals surface area contributed by atoms with Crippen molar-refractivity contribution >= 4 is 5.91 Å². The van der Waals surface area contributed by atoms with Gasteiger partial charge in [0.25, 0.3) is 0 Å². The average Bonchev–Trinajstić information content (AvgIpc) is 2.32. The predicted octanol–water partition coefficient (Wildman–Crippen LogP) is 1.06. The number of carbonyl (C=O) groups excluding carboxylic acids is 1. The molecule has 0 saturated heterocycles. The van der Waals surface area contributed by atoms with Crippen molar-refractivity contribution in [1.82, 2.24) is 10.6 Å². The quantitative estimate of drug-likeness (QED) is 0.781. The standard InChI is InChI=1S/C12H17FN2O2/c1-14-8-9-7-10(13)3-4-11(9)17-6-5-12(16)15-2/h3-4,7,14H,5-6,8H2,1-2H3,(H,15,16). The van der Waals surface area contributed by atoms with Crippen LogP contribution in [0.4, 0.5) is 4.39 Å². The van der Waals surface area contributed by atoms with Gasteiger partial charge in [-0.15, -0.1) is 0 Å². The van der Waals surface area contributed by atoms with Crippen molar-refractivity contribution in [1.29, 1.82) is 0 Å². The van der Waals surface area contributed by atoms with Crippen molar-refractivity contribution in [3.8, 4) is 5.75 Å². The fraction of sp³-hybridized carbons (Fsp3) is 0.417. The van der Waals surface area contributed by atoms with Gasteiger partial charge in [-0.25, -0.2) is 4.39 Å². The molecule has 0 atom stereocenters. The van der Waals surface area contributed by atoms with Gasteiger partial charge < -0.3 is 15.4 Å². The molecular weight excluding hydrogens is 223 g/mol. The Labute approximate surface area is 100 Å². The third-order valence-corrected chi connectivity index (χ3v) is 2.26. The Morgan fingerprint density at radius 3 is 2.82 bits per heavy atom. The topological polar surface area (TPSA) is 50.4 Å². The maximum Gasteiger partial charge on any atom is 0.223 e. The normalized spacial score (nSPS) is 10.1. The summed E-state index contributed by atoms with van der Waals surface area (Å²) in [4.78, 5) is 11.0. The number of nitrogens with one attached hydrogen (secondary N) is 2. The van der Waals surface area contributed by atoms with Gasteiger partial charge in [0.15, 0.2) is 0 Å². The zero-order chi connectivity index (χ0) is 12.7. The third kappa shape index (κ3) is 4.40. The number of hydrogen-bond acceptors (Lipinski definition) is 3. The maximum atomic E-state index is 13.0. The van der Waals surface area contributed by atoms with E-state index in [-0.39, 0.29) is 24.8 Å². The lowest BCUT2D eigenvalue weighted by atomic mass is 10.2. The van der Waals surface area contributed by atoms with Crippen molar-refractivity contribution in [3.63, 3.8) is 0 Å². The second-order valence-electron chi connectivity index (χ2n) is 3.55. The van der Waals surface area contributed by atoms with Crippen LogP contribution in [0.5, 0.6) is 5.75 Å². The molecule has 0 aliphatic carbocycles. The second kappa shape index (κ2) is 6.85. The Morgan fingerprint density at radius 1 is 1.41 bits per heavy atom. The Balaban J connectivity index is 2.60. The summed E-state index contributed by atoms with van der Waals surface area (Å²) in [5.41, 5.74) is 0.740. The van der Waals surface area contributed by atoms with Crippen LogP contribution < -0.4 is 15.4 Å². The van der Waals surface area contributed by atoms with Crippen molar-refractivity contribution in [2.24, 2.45) is 0 Å². The second-order valence-corrected chi connectivity index (χ2v) is 3.55. The molecule has 17 heavy (non-hydrogen) atoms. The fourth-order valence-electron chi connectivity index (χ4n) is 1.40. The van der Waals surface area contributed by atoms with E-state index in [0.717, 1.165) is 5.56 Å². The Hall–Kier alpha value is -1.62. The lowest BCUT2D eigenvalue weighted by Crippen LogP contribution is -2.20. The zero-order valence-corrected chi connectivity index (χ0v) is 10.0. The molecule has 0 saturated carbocycles. The maximum absolute atomic E-state index is 13.0. The minimum absolute atomic E-state index is 0.0812. The summed E-state index contributed by atoms with van der Waals surface area (Å²) in [5, 5.41) is 5.44. The number of rotatable bonds is 6. The lowest BCUT2D eigenvalue weighted by molar-refractivity contribution is -0.121. The van der Waals surface area contributed by atoms with Gasteiger partial charge in [0, 0.05) is 19.2 Å². The van der Waals surface area contributed by atoms with Gasteiger partial charge in [0.05, 0.1) is 13.0 Å². The molecule has 0 unspecified atom stereocenters. The molecule has 0 heterocycles. The number of carbonyl (C=O) groups is 1. The Kier molecular flexibility index (Phi) is 5.42. The van der Waals surface area contributed by atoms with E-state index in [2.05, 4.69) is 10.6 Å². The van der Waals surface area contributed by atoms with E-state index in [1.165, 1.54) is 12.1 Å². The molecule has 1 aromatic rings. The highest BCUT2D eigenvalue weighted by atomic mass is 19.1. The molecule has 0 spiro atoms. The fourth-order valence-corrected chi connectivity index (χ4v) is 1.40. The van der Waals surface area contributed by atoms with Crippen LogP contribution in [-0.4, -0.2) is 26.6 Å². The average molecular weight is 240 g/mol. The number of halogens is 1. The number of ether oxygens (including phenoxy) is 1. The first-order valence-corrected chi connectivity index (χ1v) is 5.43. The number of hydrogen-bond donors (Lipinski definition) is 2. The Bertz CT molecular complexity index is 383. The van der Waals surface area contributed by atoms with E-state index in [0.29, 0.717) is 12.3 Å². The first-order valence-electron chi connectivity index (χ1n) is 5.43. The van der Waals surface area contributed by atoms with Crippen LogP contribution in [0.1, 0.15) is 12.0 Å². The van der Waals surface area contributed by atoms with Gasteiger partial charge >= 0.3 is 0 Å². The van der Waals surface area contributed by atoms with E-state index in [1.54, 1.807) is 20.2 Å². The molecule has 0 aliphatic heterocycles. The molecule has 0 aliphatic rings. The van der Waals surface area contributed by atoms with Gasteiger partial charge in [0.2, 0.25) is 5.91 Å². The molecule has 0 fully saturated rings. The minimum Gasteiger partial charge on any atom is -0.493 e. The summed E-state index contributed by atoms with van der Waals surface area (Å²) in [6.07, 6.45) is 0.285. The summed E-state index contributed by atoms with van der Waals surface area (Å²) in [7, 11) is 3.35. The number of amides is 1. The molecule has 0 bridgehead atoms. The monoisotopic (exact) mass is 240 g/mol. The molecular formula is C12H17FN2O2. The van der Waals surface area contributed by atoms with Crippen LogP contribution in [0.2, 0.25) is 0 Å². The molecule has 94 valence electrons. The zero-order valence-electron chi connectivity index (χ0n) is 10.0. The van der Waals surface area contributed by atoms with E-state index in [4.69, 9.17) is 4.74 Å². The lowest BCUT2D eigenvalue weighted by Gasteiger charge is -2.11. The molecule has 1 amide bonds. The highest BCUT2D eigenvalue weighted by molar-refractivity contribution is 5.75. The van der Waals surface area contributed by atoms with E-state index >= 15 is 0 Å². The summed E-state index contributed by atoms with van der Waals surface area (Å²) in [6, 6.07) is 4.34. The van der Waals surface area contributed by atoms with Gasteiger partial charge in [-0.05, 0) is 25.2 Å². The SMILES string of the molecule is CNCc1cc(F)ccc1OCCC(=O)NC. The van der Waals surface area contributed by atoms with E-state index in [1.807, 2.05) is 0 Å². The van der Waals surface area contributed by atoms with Crippen LogP contribution in [-0.2, 0) is 11.3 Å². The molecule has 2 N–H and O–H groups in total. The third-order valence-electron chi connectivity index (χ3n) is 2.26. The van der Waals surface area contributed by atoms with E-state index in [9.17, 15) is 9.18 Å². The molecule has 0 aromatic heterocycles. The largest absolute Gasteiger partial charge is 0.493 e. The summed E-state index contributed by atoms with van der Waals surface area (Å²) in [6.45, 7) is 0.801. The van der Waals surface area contributed by atoms with Crippen molar-refractivity contribution in [2.45, 2.75) is 13.0 Å². The summed E-state index contributed by atoms with van der Waals surface area (Å²) < 4.78 is 18.5. The molecule has 1 rings (SSSR count). The van der Waals surface area contributed by atoms with Crippen molar-refractivity contribution in [3.05, 3.63) is 29.6 Å². The minimum atomic E-state index is -0.297. The van der Waals surface area contributed by atoms with E-state index < -0.39 is 0 Å².